The van der Waals surface area contributed by atoms with Crippen LogP contribution in [0.2, 0.25) is 0 Å². The van der Waals surface area contributed by atoms with Gasteiger partial charge >= 0.3 is 0 Å². The van der Waals surface area contributed by atoms with E-state index in [9.17, 15) is 19.2 Å². The van der Waals surface area contributed by atoms with Gasteiger partial charge in [-0.05, 0) is 67.0 Å². The molecule has 9 heteroatoms. The molecule has 4 heterocycles. The molecule has 3 aliphatic rings. The van der Waals surface area contributed by atoms with Crippen molar-refractivity contribution >= 4 is 34.4 Å². The molecule has 1 unspecified atom stereocenters. The maximum Gasteiger partial charge on any atom is 0.255 e. The number of carbonyl (C=O) groups excluding carboxylic acids is 4. The molecule has 4 amide bonds. The van der Waals surface area contributed by atoms with Crippen molar-refractivity contribution < 1.29 is 23.9 Å². The highest BCUT2D eigenvalue weighted by atomic mass is 16.5. The number of pyridine rings is 1. The molecule has 1 N–H and O–H groups in total. The van der Waals surface area contributed by atoms with E-state index in [1.165, 1.54) is 4.90 Å². The minimum Gasteiger partial charge on any atom is -0.491 e. The number of rotatable bonds is 5. The molecule has 1 aromatic heterocycles. The zero-order valence-electron chi connectivity index (χ0n) is 20.9. The summed E-state index contributed by atoms with van der Waals surface area (Å²) in [6.45, 7) is 1.32. The van der Waals surface area contributed by atoms with Crippen LogP contribution in [0.3, 0.4) is 0 Å². The Bertz CT molecular complexity index is 1450. The number of aromatic nitrogens is 1. The Balaban J connectivity index is 1.15. The summed E-state index contributed by atoms with van der Waals surface area (Å²) < 4.78 is 6.17. The predicted octanol–water partition coefficient (Wildman–Crippen LogP) is 3.07. The normalized spacial score (nSPS) is 21.4. The van der Waals surface area contributed by atoms with E-state index in [2.05, 4.69) is 10.3 Å². The van der Waals surface area contributed by atoms with Crippen molar-refractivity contribution in [2.24, 2.45) is 0 Å². The SMILES string of the molecule is O=C1CCC(N2Cc3cc(OC[C@H]4CCCCN4C(=O)c4cccc5cnccc45)ccc3C2=O)C(=O)N1. The second-order valence-corrected chi connectivity index (χ2v) is 10.1. The van der Waals surface area contributed by atoms with E-state index in [4.69, 9.17) is 4.74 Å². The number of carbonyl (C=O) groups is 4. The van der Waals surface area contributed by atoms with E-state index in [0.717, 1.165) is 35.6 Å². The molecule has 9 nitrogen and oxygen atoms in total. The Morgan fingerprint density at radius 2 is 1.97 bits per heavy atom. The van der Waals surface area contributed by atoms with Crippen LogP contribution in [0.25, 0.3) is 10.8 Å². The number of imide groups is 1. The molecule has 3 aliphatic heterocycles. The fourth-order valence-corrected chi connectivity index (χ4v) is 5.74. The third kappa shape index (κ3) is 4.38. The number of hydrogen-bond donors (Lipinski definition) is 1. The minimum absolute atomic E-state index is 0.00506. The molecular weight excluding hydrogens is 484 g/mol. The van der Waals surface area contributed by atoms with E-state index >= 15 is 0 Å². The van der Waals surface area contributed by atoms with Gasteiger partial charge in [0.25, 0.3) is 11.8 Å². The van der Waals surface area contributed by atoms with Crippen LogP contribution < -0.4 is 10.1 Å². The summed E-state index contributed by atoms with van der Waals surface area (Å²) in [6, 6.07) is 12.2. The monoisotopic (exact) mass is 512 g/mol. The molecule has 2 saturated heterocycles. The highest BCUT2D eigenvalue weighted by Crippen LogP contribution is 2.31. The largest absolute Gasteiger partial charge is 0.491 e. The van der Waals surface area contributed by atoms with E-state index < -0.39 is 11.9 Å². The summed E-state index contributed by atoms with van der Waals surface area (Å²) in [6.07, 6.45) is 6.84. The molecule has 0 saturated carbocycles. The number of likely N-dealkylation sites (tertiary alicyclic amines) is 1. The Hall–Kier alpha value is -4.27. The van der Waals surface area contributed by atoms with Crippen LogP contribution in [0.5, 0.6) is 5.75 Å². The predicted molar refractivity (Wildman–Crippen MR) is 138 cm³/mol. The van der Waals surface area contributed by atoms with Crippen LogP contribution in [0.4, 0.5) is 0 Å². The van der Waals surface area contributed by atoms with Crippen molar-refractivity contribution in [3.8, 4) is 5.75 Å². The molecular formula is C29H28N4O5. The number of fused-ring (bicyclic) bond motifs is 2. The highest BCUT2D eigenvalue weighted by Gasteiger charge is 2.39. The average molecular weight is 513 g/mol. The van der Waals surface area contributed by atoms with Gasteiger partial charge in [-0.2, -0.15) is 0 Å². The van der Waals surface area contributed by atoms with Crippen LogP contribution in [-0.2, 0) is 16.1 Å². The molecule has 194 valence electrons. The molecule has 0 radical (unpaired) electrons. The van der Waals surface area contributed by atoms with Gasteiger partial charge in [0.05, 0.1) is 6.04 Å². The fraction of sp³-hybridized carbons (Fsp3) is 0.345. The van der Waals surface area contributed by atoms with E-state index in [0.29, 0.717) is 43.0 Å². The van der Waals surface area contributed by atoms with Gasteiger partial charge in [-0.1, -0.05) is 12.1 Å². The lowest BCUT2D eigenvalue weighted by molar-refractivity contribution is -0.136. The van der Waals surface area contributed by atoms with E-state index in [1.54, 1.807) is 24.5 Å². The summed E-state index contributed by atoms with van der Waals surface area (Å²) in [4.78, 5) is 58.0. The number of piperidine rings is 2. The summed E-state index contributed by atoms with van der Waals surface area (Å²) in [5, 5.41) is 4.15. The zero-order valence-corrected chi connectivity index (χ0v) is 20.9. The van der Waals surface area contributed by atoms with Gasteiger partial charge in [-0.25, -0.2) is 0 Å². The van der Waals surface area contributed by atoms with Crippen molar-refractivity contribution in [1.29, 1.82) is 0 Å². The van der Waals surface area contributed by atoms with Crippen LogP contribution >= 0.6 is 0 Å². The first kappa shape index (κ1) is 24.1. The third-order valence-electron chi connectivity index (χ3n) is 7.74. The van der Waals surface area contributed by atoms with E-state index in [1.807, 2.05) is 35.2 Å². The van der Waals surface area contributed by atoms with Crippen molar-refractivity contribution in [3.63, 3.8) is 0 Å². The van der Waals surface area contributed by atoms with Crippen LogP contribution in [0.15, 0.2) is 54.9 Å². The lowest BCUT2D eigenvalue weighted by atomic mass is 9.99. The summed E-state index contributed by atoms with van der Waals surface area (Å²) in [5.74, 6) is -0.331. The number of nitrogens with one attached hydrogen (secondary N) is 1. The van der Waals surface area contributed by atoms with Gasteiger partial charge in [0.2, 0.25) is 11.8 Å². The van der Waals surface area contributed by atoms with Crippen LogP contribution in [0, 0.1) is 0 Å². The summed E-state index contributed by atoms with van der Waals surface area (Å²) >= 11 is 0. The number of amides is 4. The summed E-state index contributed by atoms with van der Waals surface area (Å²) in [7, 11) is 0. The topological polar surface area (TPSA) is 109 Å². The fourth-order valence-electron chi connectivity index (χ4n) is 5.74. The van der Waals surface area contributed by atoms with Crippen molar-refractivity contribution in [1.82, 2.24) is 20.1 Å². The Morgan fingerprint density at radius 1 is 1.08 bits per heavy atom. The maximum absolute atomic E-state index is 13.6. The molecule has 0 spiro atoms. The molecule has 0 bridgehead atoms. The second kappa shape index (κ2) is 9.89. The summed E-state index contributed by atoms with van der Waals surface area (Å²) in [5.41, 5.74) is 2.00. The quantitative estimate of drug-likeness (QED) is 0.527. The standard InChI is InChI=1S/C29H28N4O5/c34-26-10-9-25(27(35)31-26)33-16-19-14-21(7-8-23(19)28(33)36)38-17-20-5-1-2-13-32(20)29(37)24-6-3-4-18-15-30-12-11-22(18)24/h3-4,6-8,11-12,14-15,20,25H,1-2,5,9-10,13,16-17H2,(H,31,34,35)/t20-,25?/m1/s1. The van der Waals surface area contributed by atoms with Gasteiger partial charge in [-0.15, -0.1) is 0 Å². The Morgan fingerprint density at radius 3 is 2.84 bits per heavy atom. The molecule has 2 fully saturated rings. The maximum atomic E-state index is 13.6. The van der Waals surface area contributed by atoms with Gasteiger partial charge in [0.15, 0.2) is 0 Å². The van der Waals surface area contributed by atoms with E-state index in [-0.39, 0.29) is 30.2 Å². The molecule has 3 aromatic rings. The molecule has 2 atom stereocenters. The second-order valence-electron chi connectivity index (χ2n) is 10.1. The van der Waals surface area contributed by atoms with Gasteiger partial charge < -0.3 is 14.5 Å². The number of nitrogens with zero attached hydrogens (tertiary/aromatic N) is 3. The van der Waals surface area contributed by atoms with Crippen LogP contribution in [0.1, 0.15) is 58.4 Å². The van der Waals surface area contributed by atoms with Crippen molar-refractivity contribution in [2.45, 2.75) is 50.7 Å². The molecule has 2 aromatic carbocycles. The lowest BCUT2D eigenvalue weighted by Crippen LogP contribution is -2.52. The molecule has 6 rings (SSSR count). The third-order valence-corrected chi connectivity index (χ3v) is 7.74. The number of ether oxygens (including phenoxy) is 1. The van der Waals surface area contributed by atoms with Crippen molar-refractivity contribution in [3.05, 3.63) is 71.5 Å². The number of benzene rings is 2. The first-order valence-electron chi connectivity index (χ1n) is 13.0. The first-order valence-corrected chi connectivity index (χ1v) is 13.0. The van der Waals surface area contributed by atoms with Gasteiger partial charge in [0.1, 0.15) is 18.4 Å². The molecule has 38 heavy (non-hydrogen) atoms. The van der Waals surface area contributed by atoms with Crippen LogP contribution in [-0.4, -0.2) is 63.6 Å². The molecule has 0 aliphatic carbocycles. The average Bonchev–Trinajstić information content (AvgIpc) is 3.26. The number of hydrogen-bond acceptors (Lipinski definition) is 6. The lowest BCUT2D eigenvalue weighted by Gasteiger charge is -2.36. The smallest absolute Gasteiger partial charge is 0.255 e. The first-order chi connectivity index (χ1) is 18.5. The zero-order chi connectivity index (χ0) is 26.2. The van der Waals surface area contributed by atoms with Crippen molar-refractivity contribution in [2.75, 3.05) is 13.2 Å². The Kier molecular flexibility index (Phi) is 6.27. The Labute approximate surface area is 219 Å². The van der Waals surface area contributed by atoms with Gasteiger partial charge in [0, 0.05) is 48.4 Å². The highest BCUT2D eigenvalue weighted by molar-refractivity contribution is 6.07. The van der Waals surface area contributed by atoms with Gasteiger partial charge in [-0.3, -0.25) is 29.5 Å². The minimum atomic E-state index is -0.649.